The summed E-state index contributed by atoms with van der Waals surface area (Å²) >= 11 is 0. The third-order valence-electron chi connectivity index (χ3n) is 3.96. The van der Waals surface area contributed by atoms with E-state index >= 15 is 0 Å². The molecular formula is C13H25NO3S. The van der Waals surface area contributed by atoms with E-state index in [1.807, 2.05) is 0 Å². The Morgan fingerprint density at radius 3 is 2.33 bits per heavy atom. The molecule has 106 valence electrons. The second-order valence-electron chi connectivity index (χ2n) is 5.19. The van der Waals surface area contributed by atoms with E-state index in [0.29, 0.717) is 0 Å². The van der Waals surface area contributed by atoms with E-state index in [9.17, 15) is 13.2 Å². The number of sulfone groups is 1. The Bertz CT molecular complexity index is 364. The van der Waals surface area contributed by atoms with Crippen molar-refractivity contribution in [3.63, 3.8) is 0 Å². The Morgan fingerprint density at radius 1 is 1.22 bits per heavy atom. The van der Waals surface area contributed by atoms with Crippen LogP contribution in [-0.4, -0.2) is 38.8 Å². The molecular weight excluding hydrogens is 250 g/mol. The van der Waals surface area contributed by atoms with Gasteiger partial charge in [0.25, 0.3) is 0 Å². The van der Waals surface area contributed by atoms with Gasteiger partial charge in [-0.3, -0.25) is 4.79 Å². The molecule has 1 saturated heterocycles. The summed E-state index contributed by atoms with van der Waals surface area (Å²) in [5.74, 6) is 0.298. The molecule has 1 fully saturated rings. The minimum absolute atomic E-state index is 0.0151. The van der Waals surface area contributed by atoms with Gasteiger partial charge in [-0.15, -0.1) is 0 Å². The number of nitrogens with one attached hydrogen (secondary N) is 1. The zero-order valence-corrected chi connectivity index (χ0v) is 12.3. The van der Waals surface area contributed by atoms with Crippen molar-refractivity contribution in [2.45, 2.75) is 46.0 Å². The van der Waals surface area contributed by atoms with Crippen LogP contribution in [0.4, 0.5) is 0 Å². The quantitative estimate of drug-likeness (QED) is 0.765. The molecule has 4 nitrogen and oxygen atoms in total. The molecule has 1 aliphatic rings. The Labute approximate surface area is 110 Å². The summed E-state index contributed by atoms with van der Waals surface area (Å²) in [4.78, 5) is 12.4. The van der Waals surface area contributed by atoms with E-state index in [1.54, 1.807) is 6.92 Å². The second-order valence-corrected chi connectivity index (χ2v) is 7.66. The first-order chi connectivity index (χ1) is 8.46. The highest BCUT2D eigenvalue weighted by atomic mass is 32.2. The Balaban J connectivity index is 2.65. The first kappa shape index (κ1) is 15.6. The largest absolute Gasteiger partial charge is 0.317 e. The molecule has 0 saturated carbocycles. The lowest BCUT2D eigenvalue weighted by molar-refractivity contribution is -0.130. The summed E-state index contributed by atoms with van der Waals surface area (Å²) < 4.78 is 23.0. The molecule has 0 bridgehead atoms. The van der Waals surface area contributed by atoms with Crippen molar-refractivity contribution in [2.75, 3.05) is 24.6 Å². The molecule has 5 heteroatoms. The average molecular weight is 275 g/mol. The fourth-order valence-corrected chi connectivity index (χ4v) is 3.49. The van der Waals surface area contributed by atoms with E-state index in [-0.39, 0.29) is 29.1 Å². The average Bonchev–Trinajstić information content (AvgIpc) is 2.37. The number of Topliss-reactive ketones (excluding diaryl/α,β-unsaturated/α-hetero) is 1. The number of carbonyl (C=O) groups is 1. The van der Waals surface area contributed by atoms with Crippen LogP contribution in [0.2, 0.25) is 0 Å². The minimum Gasteiger partial charge on any atom is -0.317 e. The van der Waals surface area contributed by atoms with Crippen LogP contribution in [0, 0.1) is 5.41 Å². The topological polar surface area (TPSA) is 63.2 Å². The maximum absolute atomic E-state index is 12.4. The number of hydrogen-bond acceptors (Lipinski definition) is 4. The minimum atomic E-state index is -3.03. The molecule has 0 unspecified atom stereocenters. The predicted molar refractivity (Wildman–Crippen MR) is 73.4 cm³/mol. The van der Waals surface area contributed by atoms with Gasteiger partial charge in [0, 0.05) is 17.6 Å². The standard InChI is InChI=1S/C13H25NO3S/c1-3-6-13(7-9-14-10-8-13)12(15)5-11-18(16,17)4-2/h14H,3-11H2,1-2H3. The molecule has 1 aliphatic heterocycles. The van der Waals surface area contributed by atoms with Crippen LogP contribution in [0.3, 0.4) is 0 Å². The zero-order valence-electron chi connectivity index (χ0n) is 11.5. The van der Waals surface area contributed by atoms with Gasteiger partial charge in [0.05, 0.1) is 5.75 Å². The highest BCUT2D eigenvalue weighted by Crippen LogP contribution is 2.36. The van der Waals surface area contributed by atoms with Gasteiger partial charge in [-0.1, -0.05) is 20.3 Å². The van der Waals surface area contributed by atoms with Gasteiger partial charge >= 0.3 is 0 Å². The summed E-state index contributed by atoms with van der Waals surface area (Å²) in [6.45, 7) is 5.45. The number of hydrogen-bond donors (Lipinski definition) is 1. The Morgan fingerprint density at radius 2 is 1.83 bits per heavy atom. The zero-order chi connectivity index (χ0) is 13.6. The van der Waals surface area contributed by atoms with Crippen LogP contribution < -0.4 is 5.32 Å². The molecule has 1 rings (SSSR count). The molecule has 18 heavy (non-hydrogen) atoms. The van der Waals surface area contributed by atoms with Crippen LogP contribution >= 0.6 is 0 Å². The van der Waals surface area contributed by atoms with Gasteiger partial charge in [-0.05, 0) is 32.4 Å². The second kappa shape index (κ2) is 6.66. The van der Waals surface area contributed by atoms with E-state index in [1.165, 1.54) is 0 Å². The summed E-state index contributed by atoms with van der Waals surface area (Å²) in [6.07, 6.45) is 3.76. The smallest absolute Gasteiger partial charge is 0.150 e. The van der Waals surface area contributed by atoms with Crippen LogP contribution in [0.15, 0.2) is 0 Å². The van der Waals surface area contributed by atoms with E-state index < -0.39 is 9.84 Å². The SMILES string of the molecule is CCCC1(C(=O)CCS(=O)(=O)CC)CCNCC1. The lowest BCUT2D eigenvalue weighted by Crippen LogP contribution is -2.42. The molecule has 0 amide bonds. The van der Waals surface area contributed by atoms with Crippen molar-refractivity contribution in [1.82, 2.24) is 5.32 Å². The van der Waals surface area contributed by atoms with Crippen molar-refractivity contribution in [2.24, 2.45) is 5.41 Å². The highest BCUT2D eigenvalue weighted by Gasteiger charge is 2.38. The summed E-state index contributed by atoms with van der Waals surface area (Å²) in [6, 6.07) is 0. The molecule has 0 atom stereocenters. The Kier molecular flexibility index (Phi) is 5.79. The lowest BCUT2D eigenvalue weighted by atomic mass is 9.71. The normalized spacial score (nSPS) is 19.7. The predicted octanol–water partition coefficient (Wildman–Crippen LogP) is 1.55. The van der Waals surface area contributed by atoms with Gasteiger partial charge in [0.15, 0.2) is 0 Å². The van der Waals surface area contributed by atoms with Crippen molar-refractivity contribution in [1.29, 1.82) is 0 Å². The molecule has 0 aromatic rings. The summed E-state index contributed by atoms with van der Waals surface area (Å²) in [5, 5.41) is 3.27. The van der Waals surface area contributed by atoms with Crippen LogP contribution in [0.5, 0.6) is 0 Å². The summed E-state index contributed by atoms with van der Waals surface area (Å²) in [7, 11) is -3.03. The monoisotopic (exact) mass is 275 g/mol. The van der Waals surface area contributed by atoms with Crippen molar-refractivity contribution < 1.29 is 13.2 Å². The highest BCUT2D eigenvalue weighted by molar-refractivity contribution is 7.91. The molecule has 0 aliphatic carbocycles. The van der Waals surface area contributed by atoms with E-state index in [4.69, 9.17) is 0 Å². The number of rotatable bonds is 7. The Hall–Kier alpha value is -0.420. The molecule has 1 N–H and O–H groups in total. The molecule has 0 spiro atoms. The van der Waals surface area contributed by atoms with Gasteiger partial charge in [-0.25, -0.2) is 8.42 Å². The summed E-state index contributed by atoms with van der Waals surface area (Å²) in [5.41, 5.74) is -0.261. The third-order valence-corrected chi connectivity index (χ3v) is 5.67. The van der Waals surface area contributed by atoms with Crippen LogP contribution in [-0.2, 0) is 14.6 Å². The fourth-order valence-electron chi connectivity index (χ4n) is 2.71. The van der Waals surface area contributed by atoms with Gasteiger partial charge < -0.3 is 5.32 Å². The van der Waals surface area contributed by atoms with Crippen LogP contribution in [0.1, 0.15) is 46.0 Å². The number of piperidine rings is 1. The van der Waals surface area contributed by atoms with E-state index in [2.05, 4.69) is 12.2 Å². The van der Waals surface area contributed by atoms with Crippen LogP contribution in [0.25, 0.3) is 0 Å². The van der Waals surface area contributed by atoms with Gasteiger partial charge in [0.2, 0.25) is 0 Å². The molecule has 0 aromatic heterocycles. The van der Waals surface area contributed by atoms with Gasteiger partial charge in [-0.2, -0.15) is 0 Å². The lowest BCUT2D eigenvalue weighted by Gasteiger charge is -2.36. The molecule has 0 radical (unpaired) electrons. The van der Waals surface area contributed by atoms with Gasteiger partial charge in [0.1, 0.15) is 15.6 Å². The first-order valence-corrected chi connectivity index (χ1v) is 8.72. The molecule has 0 aromatic carbocycles. The maximum atomic E-state index is 12.4. The third kappa shape index (κ3) is 4.05. The first-order valence-electron chi connectivity index (χ1n) is 6.90. The van der Waals surface area contributed by atoms with Crippen molar-refractivity contribution in [3.05, 3.63) is 0 Å². The van der Waals surface area contributed by atoms with E-state index in [0.717, 1.165) is 38.8 Å². The van der Waals surface area contributed by atoms with Crippen molar-refractivity contribution >= 4 is 15.6 Å². The fraction of sp³-hybridized carbons (Fsp3) is 0.923. The molecule has 1 heterocycles. The number of carbonyl (C=O) groups excluding carboxylic acids is 1. The van der Waals surface area contributed by atoms with Crippen molar-refractivity contribution in [3.8, 4) is 0 Å². The maximum Gasteiger partial charge on any atom is 0.150 e. The number of ketones is 1.